The SMILES string of the molecule is CC(C)(C)OC(=O)N1CCC2(CCc3nc4nc(Br)[nH]n4c(=O)c32)C2CC21. The Labute approximate surface area is 164 Å². The minimum Gasteiger partial charge on any atom is -0.444 e. The van der Waals surface area contributed by atoms with E-state index in [9.17, 15) is 9.59 Å². The zero-order chi connectivity index (χ0) is 19.1. The highest BCUT2D eigenvalue weighted by Crippen LogP contribution is 2.59. The molecule has 1 N–H and O–H groups in total. The molecule has 1 saturated heterocycles. The Balaban J connectivity index is 1.49. The number of nitrogens with one attached hydrogen (secondary N) is 1. The van der Waals surface area contributed by atoms with E-state index < -0.39 is 5.60 Å². The number of H-pyrrole nitrogens is 1. The maximum Gasteiger partial charge on any atom is 0.410 e. The predicted octanol–water partition coefficient (Wildman–Crippen LogP) is 2.39. The molecule has 1 spiro atoms. The van der Waals surface area contributed by atoms with Gasteiger partial charge in [0.05, 0.1) is 5.69 Å². The summed E-state index contributed by atoms with van der Waals surface area (Å²) in [4.78, 5) is 36.5. The Morgan fingerprint density at radius 1 is 1.33 bits per heavy atom. The van der Waals surface area contributed by atoms with E-state index in [1.54, 1.807) is 0 Å². The Hall–Kier alpha value is -1.90. The molecule has 1 amide bonds. The molecule has 5 rings (SSSR count). The van der Waals surface area contributed by atoms with Crippen molar-refractivity contribution in [3.63, 3.8) is 0 Å². The zero-order valence-electron chi connectivity index (χ0n) is 15.6. The molecule has 2 aliphatic carbocycles. The van der Waals surface area contributed by atoms with Crippen molar-refractivity contribution in [3.8, 4) is 0 Å². The molecule has 3 atom stereocenters. The number of fused-ring (bicyclic) bond motifs is 5. The highest BCUT2D eigenvalue weighted by atomic mass is 79.9. The largest absolute Gasteiger partial charge is 0.444 e. The van der Waals surface area contributed by atoms with Gasteiger partial charge in [0, 0.05) is 23.6 Å². The van der Waals surface area contributed by atoms with Crippen LogP contribution < -0.4 is 5.56 Å². The predicted molar refractivity (Wildman–Crippen MR) is 101 cm³/mol. The Morgan fingerprint density at radius 2 is 2.11 bits per heavy atom. The summed E-state index contributed by atoms with van der Waals surface area (Å²) in [5.41, 5.74) is 0.963. The van der Waals surface area contributed by atoms with Gasteiger partial charge in [0.1, 0.15) is 5.60 Å². The van der Waals surface area contributed by atoms with Gasteiger partial charge in [-0.25, -0.2) is 9.78 Å². The molecule has 0 radical (unpaired) electrons. The molecular weight excluding hydrogens is 414 g/mol. The number of ether oxygens (including phenoxy) is 1. The third kappa shape index (κ3) is 2.47. The monoisotopic (exact) mass is 435 g/mol. The van der Waals surface area contributed by atoms with Gasteiger partial charge in [-0.05, 0) is 68.3 Å². The second-order valence-corrected chi connectivity index (χ2v) is 9.63. The zero-order valence-corrected chi connectivity index (χ0v) is 17.2. The molecule has 2 aromatic rings. The molecular formula is C18H22BrN5O3. The van der Waals surface area contributed by atoms with E-state index in [-0.39, 0.29) is 23.1 Å². The Kier molecular flexibility index (Phi) is 3.40. The van der Waals surface area contributed by atoms with Gasteiger partial charge in [-0.3, -0.25) is 9.89 Å². The van der Waals surface area contributed by atoms with Gasteiger partial charge in [0.2, 0.25) is 0 Å². The van der Waals surface area contributed by atoms with Gasteiger partial charge >= 0.3 is 6.09 Å². The normalized spacial score (nSPS) is 29.1. The molecule has 1 saturated carbocycles. The van der Waals surface area contributed by atoms with Crippen LogP contribution in [0.3, 0.4) is 0 Å². The molecule has 3 unspecified atom stereocenters. The van der Waals surface area contributed by atoms with Gasteiger partial charge in [-0.2, -0.15) is 9.50 Å². The summed E-state index contributed by atoms with van der Waals surface area (Å²) in [6.45, 7) is 6.27. The first-order valence-corrected chi connectivity index (χ1v) is 10.2. The van der Waals surface area contributed by atoms with Crippen LogP contribution in [-0.4, -0.2) is 48.8 Å². The van der Waals surface area contributed by atoms with Crippen LogP contribution in [-0.2, 0) is 16.6 Å². The summed E-state index contributed by atoms with van der Waals surface area (Å²) in [5, 5.41) is 2.92. The third-order valence-electron chi connectivity index (χ3n) is 6.14. The van der Waals surface area contributed by atoms with E-state index in [1.807, 2.05) is 25.7 Å². The van der Waals surface area contributed by atoms with Crippen LogP contribution in [0, 0.1) is 5.92 Å². The van der Waals surface area contributed by atoms with E-state index in [1.165, 1.54) is 4.52 Å². The average molecular weight is 436 g/mol. The van der Waals surface area contributed by atoms with Crippen molar-refractivity contribution in [3.05, 3.63) is 26.3 Å². The fourth-order valence-corrected chi connectivity index (χ4v) is 5.38. The molecule has 27 heavy (non-hydrogen) atoms. The smallest absolute Gasteiger partial charge is 0.410 e. The molecule has 2 aromatic heterocycles. The fourth-order valence-electron chi connectivity index (χ4n) is 5.04. The van der Waals surface area contributed by atoms with Crippen LogP contribution in [0.5, 0.6) is 0 Å². The lowest BCUT2D eigenvalue weighted by Crippen LogP contribution is -2.48. The van der Waals surface area contributed by atoms with Gasteiger partial charge in [-0.15, -0.1) is 0 Å². The van der Waals surface area contributed by atoms with E-state index in [0.29, 0.717) is 23.0 Å². The minimum atomic E-state index is -0.501. The summed E-state index contributed by atoms with van der Waals surface area (Å²) in [6, 6.07) is 0.160. The topological polar surface area (TPSA) is 92.6 Å². The average Bonchev–Trinajstić information content (AvgIpc) is 3.16. The Bertz CT molecular complexity index is 1020. The molecule has 8 nitrogen and oxygen atoms in total. The number of piperidine rings is 1. The Morgan fingerprint density at radius 3 is 2.85 bits per heavy atom. The number of rotatable bonds is 0. The number of carbonyl (C=O) groups excluding carboxylic acids is 1. The number of hydrogen-bond acceptors (Lipinski definition) is 5. The number of aromatic nitrogens is 4. The molecule has 0 bridgehead atoms. The number of nitrogens with zero attached hydrogens (tertiary/aromatic N) is 4. The number of hydrogen-bond donors (Lipinski definition) is 1. The summed E-state index contributed by atoms with van der Waals surface area (Å²) in [5.74, 6) is 0.708. The van der Waals surface area contributed by atoms with E-state index in [0.717, 1.165) is 36.9 Å². The second-order valence-electron chi connectivity index (χ2n) is 8.88. The molecule has 3 aliphatic rings. The summed E-state index contributed by atoms with van der Waals surface area (Å²) < 4.78 is 7.49. The lowest BCUT2D eigenvalue weighted by Gasteiger charge is -2.39. The highest BCUT2D eigenvalue weighted by molar-refractivity contribution is 9.10. The lowest BCUT2D eigenvalue weighted by atomic mass is 9.73. The van der Waals surface area contributed by atoms with Crippen molar-refractivity contribution in [2.45, 2.75) is 63.5 Å². The molecule has 1 aliphatic heterocycles. The van der Waals surface area contributed by atoms with E-state index in [2.05, 4.69) is 31.0 Å². The number of aromatic amines is 1. The number of amides is 1. The number of carbonyl (C=O) groups is 1. The number of halogens is 1. The number of aryl methyl sites for hydroxylation is 1. The third-order valence-corrected chi connectivity index (χ3v) is 6.50. The van der Waals surface area contributed by atoms with Gasteiger partial charge in [0.15, 0.2) is 4.73 Å². The molecule has 2 fully saturated rings. The second kappa shape index (κ2) is 5.33. The maximum atomic E-state index is 13.2. The lowest BCUT2D eigenvalue weighted by molar-refractivity contribution is 0.0143. The van der Waals surface area contributed by atoms with Crippen molar-refractivity contribution in [2.24, 2.45) is 5.92 Å². The minimum absolute atomic E-state index is 0.0536. The van der Waals surface area contributed by atoms with Gasteiger partial charge in [-0.1, -0.05) is 0 Å². The van der Waals surface area contributed by atoms with Crippen molar-refractivity contribution in [1.82, 2.24) is 24.5 Å². The molecule has 144 valence electrons. The van der Waals surface area contributed by atoms with Crippen molar-refractivity contribution in [2.75, 3.05) is 6.54 Å². The van der Waals surface area contributed by atoms with Crippen molar-refractivity contribution in [1.29, 1.82) is 0 Å². The summed E-state index contributed by atoms with van der Waals surface area (Å²) in [7, 11) is 0. The number of likely N-dealkylation sites (tertiary alicyclic amines) is 1. The first-order valence-electron chi connectivity index (χ1n) is 9.37. The van der Waals surface area contributed by atoms with E-state index >= 15 is 0 Å². The summed E-state index contributed by atoms with van der Waals surface area (Å²) in [6.07, 6.45) is 3.17. The van der Waals surface area contributed by atoms with Gasteiger partial charge in [0.25, 0.3) is 11.3 Å². The van der Waals surface area contributed by atoms with Crippen LogP contribution in [0.2, 0.25) is 0 Å². The molecule has 9 heteroatoms. The van der Waals surface area contributed by atoms with Crippen LogP contribution in [0.15, 0.2) is 9.53 Å². The van der Waals surface area contributed by atoms with E-state index in [4.69, 9.17) is 4.74 Å². The molecule has 3 heterocycles. The van der Waals surface area contributed by atoms with Crippen LogP contribution in [0.4, 0.5) is 4.79 Å². The standard InChI is InChI=1S/C18H22BrN5O3/c1-17(2,3)27-16(26)23-7-6-18(9-8-11(9)23)5-4-10-12(18)13(25)24-15(20-10)21-14(19)22-24/h9,11H,4-8H2,1-3H3,(H,20,21,22). The van der Waals surface area contributed by atoms with Crippen LogP contribution in [0.25, 0.3) is 5.78 Å². The van der Waals surface area contributed by atoms with Crippen molar-refractivity contribution >= 4 is 27.8 Å². The fraction of sp³-hybridized carbons (Fsp3) is 0.667. The van der Waals surface area contributed by atoms with Crippen LogP contribution >= 0.6 is 15.9 Å². The highest BCUT2D eigenvalue weighted by Gasteiger charge is 2.63. The summed E-state index contributed by atoms with van der Waals surface area (Å²) >= 11 is 3.28. The van der Waals surface area contributed by atoms with Gasteiger partial charge < -0.3 is 9.64 Å². The van der Waals surface area contributed by atoms with Crippen LogP contribution in [0.1, 0.15) is 51.3 Å². The first kappa shape index (κ1) is 17.2. The molecule has 0 aromatic carbocycles. The quantitative estimate of drug-likeness (QED) is 0.685. The first-order chi connectivity index (χ1) is 12.7. The maximum absolute atomic E-state index is 13.2. The van der Waals surface area contributed by atoms with Crippen molar-refractivity contribution < 1.29 is 9.53 Å².